The largest absolute Gasteiger partial charge is 0.490 e. The second-order valence-electron chi connectivity index (χ2n) is 6.11. The van der Waals surface area contributed by atoms with Crippen LogP contribution in [-0.2, 0) is 6.54 Å². The summed E-state index contributed by atoms with van der Waals surface area (Å²) < 4.78 is 5.51. The van der Waals surface area contributed by atoms with Crippen LogP contribution in [0.25, 0.3) is 0 Å². The first-order valence-electron chi connectivity index (χ1n) is 7.86. The van der Waals surface area contributed by atoms with Crippen molar-refractivity contribution in [2.24, 2.45) is 11.8 Å². The van der Waals surface area contributed by atoms with E-state index < -0.39 is 0 Å². The quantitative estimate of drug-likeness (QED) is 0.792. The number of ether oxygens (including phenoxy) is 1. The standard InChI is InChI=1S/C18H27NO/c1-4-12-20-17-10-8-16(9-11-17)13-19-18-7-5-6-14(2)15(18)3/h4,8-11,14-15,18-19H,1,5-7,12-13H2,2-3H3/p+1/t14-,15+,18-/m0/s1. The summed E-state index contributed by atoms with van der Waals surface area (Å²) in [7, 11) is 0. The Bertz CT molecular complexity index is 412. The van der Waals surface area contributed by atoms with Crippen LogP contribution in [0, 0.1) is 11.8 Å². The molecule has 0 bridgehead atoms. The van der Waals surface area contributed by atoms with E-state index in [4.69, 9.17) is 4.74 Å². The summed E-state index contributed by atoms with van der Waals surface area (Å²) in [5.74, 6) is 2.63. The molecule has 0 heterocycles. The fourth-order valence-corrected chi connectivity index (χ4v) is 3.12. The fraction of sp³-hybridized carbons (Fsp3) is 0.556. The molecule has 0 aromatic heterocycles. The van der Waals surface area contributed by atoms with Gasteiger partial charge < -0.3 is 10.1 Å². The molecule has 0 aliphatic heterocycles. The molecule has 0 unspecified atom stereocenters. The van der Waals surface area contributed by atoms with Gasteiger partial charge in [0.15, 0.2) is 0 Å². The molecule has 2 rings (SSSR count). The Morgan fingerprint density at radius 2 is 2.00 bits per heavy atom. The van der Waals surface area contributed by atoms with Gasteiger partial charge in [0.25, 0.3) is 0 Å². The highest BCUT2D eigenvalue weighted by molar-refractivity contribution is 5.26. The molecule has 2 nitrogen and oxygen atoms in total. The lowest BCUT2D eigenvalue weighted by Crippen LogP contribution is -2.90. The SMILES string of the molecule is C=CCOc1ccc(C[NH2+][C@H]2CCC[C@H](C)[C@H]2C)cc1. The third kappa shape index (κ3) is 4.11. The monoisotopic (exact) mass is 274 g/mol. The van der Waals surface area contributed by atoms with Gasteiger partial charge in [0.1, 0.15) is 18.9 Å². The average Bonchev–Trinajstić information content (AvgIpc) is 2.48. The van der Waals surface area contributed by atoms with E-state index in [1.807, 2.05) is 0 Å². The summed E-state index contributed by atoms with van der Waals surface area (Å²) in [6.07, 6.45) is 5.93. The molecule has 2 N–H and O–H groups in total. The Hall–Kier alpha value is -1.28. The highest BCUT2D eigenvalue weighted by atomic mass is 16.5. The first-order valence-corrected chi connectivity index (χ1v) is 7.86. The summed E-state index contributed by atoms with van der Waals surface area (Å²) in [6.45, 7) is 10.1. The van der Waals surface area contributed by atoms with E-state index in [9.17, 15) is 0 Å². The van der Waals surface area contributed by atoms with Gasteiger partial charge in [-0.15, -0.1) is 0 Å². The molecule has 1 aliphatic carbocycles. The minimum Gasteiger partial charge on any atom is -0.490 e. The lowest BCUT2D eigenvalue weighted by Gasteiger charge is -2.32. The first kappa shape index (κ1) is 15.1. The molecule has 0 amide bonds. The zero-order valence-corrected chi connectivity index (χ0v) is 12.8. The van der Waals surface area contributed by atoms with E-state index in [0.29, 0.717) is 6.61 Å². The van der Waals surface area contributed by atoms with Crippen LogP contribution in [0.2, 0.25) is 0 Å². The molecule has 1 fully saturated rings. The summed E-state index contributed by atoms with van der Waals surface area (Å²) in [4.78, 5) is 0. The predicted octanol–water partition coefficient (Wildman–Crippen LogP) is 3.14. The summed E-state index contributed by atoms with van der Waals surface area (Å²) in [6, 6.07) is 9.24. The highest BCUT2D eigenvalue weighted by Gasteiger charge is 2.29. The average molecular weight is 274 g/mol. The molecule has 110 valence electrons. The van der Waals surface area contributed by atoms with Crippen LogP contribution in [-0.4, -0.2) is 12.6 Å². The van der Waals surface area contributed by atoms with Crippen LogP contribution in [0.5, 0.6) is 5.75 Å². The van der Waals surface area contributed by atoms with Crippen molar-refractivity contribution in [2.45, 2.75) is 45.7 Å². The fourth-order valence-electron chi connectivity index (χ4n) is 3.12. The number of rotatable bonds is 6. The lowest BCUT2D eigenvalue weighted by atomic mass is 9.78. The summed E-state index contributed by atoms with van der Waals surface area (Å²) in [5.41, 5.74) is 1.38. The topological polar surface area (TPSA) is 25.8 Å². The maximum Gasteiger partial charge on any atom is 0.119 e. The number of benzene rings is 1. The summed E-state index contributed by atoms with van der Waals surface area (Å²) >= 11 is 0. The minimum atomic E-state index is 0.572. The predicted molar refractivity (Wildman–Crippen MR) is 83.7 cm³/mol. The van der Waals surface area contributed by atoms with Crippen LogP contribution in [0.3, 0.4) is 0 Å². The molecule has 0 radical (unpaired) electrons. The highest BCUT2D eigenvalue weighted by Crippen LogP contribution is 2.27. The Kier molecular flexibility index (Phi) is 5.66. The van der Waals surface area contributed by atoms with E-state index in [1.54, 1.807) is 6.08 Å². The second-order valence-corrected chi connectivity index (χ2v) is 6.11. The molecular formula is C18H28NO+. The molecule has 0 spiro atoms. The van der Waals surface area contributed by atoms with E-state index in [1.165, 1.54) is 24.8 Å². The lowest BCUT2D eigenvalue weighted by molar-refractivity contribution is -0.713. The van der Waals surface area contributed by atoms with Gasteiger partial charge in [-0.05, 0) is 49.4 Å². The van der Waals surface area contributed by atoms with Crippen LogP contribution in [0.15, 0.2) is 36.9 Å². The van der Waals surface area contributed by atoms with E-state index in [2.05, 4.69) is 50.0 Å². The molecule has 1 aromatic rings. The normalized spacial score (nSPS) is 26.2. The van der Waals surface area contributed by atoms with Crippen LogP contribution in [0.4, 0.5) is 0 Å². The number of nitrogens with two attached hydrogens (primary N) is 1. The van der Waals surface area contributed by atoms with Gasteiger partial charge in [-0.25, -0.2) is 0 Å². The molecular weight excluding hydrogens is 246 g/mol. The maximum absolute atomic E-state index is 5.51. The van der Waals surface area contributed by atoms with E-state index in [0.717, 1.165) is 30.2 Å². The van der Waals surface area contributed by atoms with Gasteiger partial charge in [0, 0.05) is 11.5 Å². The molecule has 1 aliphatic rings. The Morgan fingerprint density at radius 3 is 2.70 bits per heavy atom. The molecule has 1 saturated carbocycles. The Labute approximate surface area is 123 Å². The second kappa shape index (κ2) is 7.49. The third-order valence-electron chi connectivity index (χ3n) is 4.72. The number of hydrogen-bond acceptors (Lipinski definition) is 1. The van der Waals surface area contributed by atoms with Crippen LogP contribution >= 0.6 is 0 Å². The number of quaternary nitrogens is 1. The summed E-state index contributed by atoms with van der Waals surface area (Å²) in [5, 5.41) is 2.53. The Morgan fingerprint density at radius 1 is 1.25 bits per heavy atom. The van der Waals surface area contributed by atoms with Crippen molar-refractivity contribution in [1.82, 2.24) is 0 Å². The molecule has 2 heteroatoms. The van der Waals surface area contributed by atoms with E-state index >= 15 is 0 Å². The Balaban J connectivity index is 1.82. The van der Waals surface area contributed by atoms with Gasteiger partial charge in [0.05, 0.1) is 6.04 Å². The number of hydrogen-bond donors (Lipinski definition) is 1. The van der Waals surface area contributed by atoms with Gasteiger partial charge >= 0.3 is 0 Å². The molecule has 20 heavy (non-hydrogen) atoms. The zero-order chi connectivity index (χ0) is 14.4. The van der Waals surface area contributed by atoms with Crippen molar-refractivity contribution in [1.29, 1.82) is 0 Å². The maximum atomic E-state index is 5.51. The first-order chi connectivity index (χ1) is 9.70. The van der Waals surface area contributed by atoms with E-state index in [-0.39, 0.29) is 0 Å². The molecule has 3 atom stereocenters. The molecule has 0 saturated heterocycles. The zero-order valence-electron chi connectivity index (χ0n) is 12.8. The van der Waals surface area contributed by atoms with Gasteiger partial charge in [0.2, 0.25) is 0 Å². The van der Waals surface area contributed by atoms with Gasteiger partial charge in [-0.3, -0.25) is 0 Å². The van der Waals surface area contributed by atoms with Crippen molar-refractivity contribution < 1.29 is 10.1 Å². The minimum absolute atomic E-state index is 0.572. The van der Waals surface area contributed by atoms with Crippen molar-refractivity contribution in [2.75, 3.05) is 6.61 Å². The van der Waals surface area contributed by atoms with Crippen molar-refractivity contribution in [3.8, 4) is 5.75 Å². The van der Waals surface area contributed by atoms with Crippen LogP contribution in [0.1, 0.15) is 38.7 Å². The van der Waals surface area contributed by atoms with Crippen molar-refractivity contribution in [3.05, 3.63) is 42.5 Å². The van der Waals surface area contributed by atoms with Crippen molar-refractivity contribution in [3.63, 3.8) is 0 Å². The van der Waals surface area contributed by atoms with Gasteiger partial charge in [-0.2, -0.15) is 0 Å². The smallest absolute Gasteiger partial charge is 0.119 e. The molecule has 1 aromatic carbocycles. The van der Waals surface area contributed by atoms with Crippen LogP contribution < -0.4 is 10.1 Å². The van der Waals surface area contributed by atoms with Gasteiger partial charge in [-0.1, -0.05) is 26.5 Å². The van der Waals surface area contributed by atoms with Crippen molar-refractivity contribution >= 4 is 0 Å². The third-order valence-corrected chi connectivity index (χ3v) is 4.72.